The summed E-state index contributed by atoms with van der Waals surface area (Å²) in [5.74, 6) is -0.551. The number of ether oxygens (including phenoxy) is 1. The summed E-state index contributed by atoms with van der Waals surface area (Å²) >= 11 is 0. The highest BCUT2D eigenvalue weighted by Crippen LogP contribution is 2.47. The molecule has 1 aromatic rings. The molecule has 1 saturated heterocycles. The van der Waals surface area contributed by atoms with Crippen LogP contribution in [-0.4, -0.2) is 71.2 Å². The molecular formula is C17H18F6N2O6S2. The highest BCUT2D eigenvalue weighted by molar-refractivity contribution is 7.90. The Morgan fingerprint density at radius 3 is 1.85 bits per heavy atom. The molecule has 0 aromatic heterocycles. The van der Waals surface area contributed by atoms with Crippen LogP contribution in [0.15, 0.2) is 34.1 Å². The van der Waals surface area contributed by atoms with Gasteiger partial charge < -0.3 is 9.64 Å². The van der Waals surface area contributed by atoms with E-state index in [1.54, 1.807) is 0 Å². The van der Waals surface area contributed by atoms with Gasteiger partial charge in [0.25, 0.3) is 6.10 Å². The first-order valence-corrected chi connectivity index (χ1v) is 12.7. The first-order valence-electron chi connectivity index (χ1n) is 9.28. The third-order valence-corrected chi connectivity index (χ3v) is 8.12. The summed E-state index contributed by atoms with van der Waals surface area (Å²) < 4.78 is 130. The summed E-state index contributed by atoms with van der Waals surface area (Å²) in [4.78, 5) is 12.1. The molecule has 8 nitrogen and oxygen atoms in total. The van der Waals surface area contributed by atoms with Gasteiger partial charge in [0.15, 0.2) is 9.84 Å². The Morgan fingerprint density at radius 2 is 1.45 bits per heavy atom. The van der Waals surface area contributed by atoms with Gasteiger partial charge in [-0.15, -0.1) is 0 Å². The number of benzene rings is 1. The normalized spacial score (nSPS) is 19.3. The third kappa shape index (κ3) is 5.54. The molecule has 186 valence electrons. The summed E-state index contributed by atoms with van der Waals surface area (Å²) in [6.07, 6.45) is -16.1. The molecule has 0 atom stereocenters. The average molecular weight is 524 g/mol. The molecule has 33 heavy (non-hydrogen) atoms. The maximum atomic E-state index is 12.7. The van der Waals surface area contributed by atoms with E-state index < -0.39 is 55.9 Å². The van der Waals surface area contributed by atoms with Crippen LogP contribution < -0.4 is 4.72 Å². The van der Waals surface area contributed by atoms with Crippen molar-refractivity contribution >= 4 is 26.0 Å². The fourth-order valence-corrected chi connectivity index (χ4v) is 5.54. The number of alkyl halides is 6. The minimum Gasteiger partial charge on any atom is -0.426 e. The molecule has 2 aliphatic rings. The molecule has 1 aromatic carbocycles. The zero-order chi connectivity index (χ0) is 25.0. The van der Waals surface area contributed by atoms with Gasteiger partial charge in [-0.1, -0.05) is 0 Å². The first kappa shape index (κ1) is 25.6. The van der Waals surface area contributed by atoms with Gasteiger partial charge in [0.2, 0.25) is 10.0 Å². The lowest BCUT2D eigenvalue weighted by atomic mass is 9.90. The molecule has 1 saturated carbocycles. The van der Waals surface area contributed by atoms with Gasteiger partial charge in [0, 0.05) is 30.8 Å². The van der Waals surface area contributed by atoms with Crippen LogP contribution in [0.1, 0.15) is 12.8 Å². The topological polar surface area (TPSA) is 110 Å². The Hall–Kier alpha value is -2.07. The molecule has 0 spiro atoms. The van der Waals surface area contributed by atoms with Crippen molar-refractivity contribution in [1.82, 2.24) is 9.62 Å². The number of likely N-dealkylation sites (tertiary alicyclic amines) is 1. The van der Waals surface area contributed by atoms with Gasteiger partial charge in [-0.2, -0.15) is 26.3 Å². The number of hydrogen-bond acceptors (Lipinski definition) is 6. The van der Waals surface area contributed by atoms with Crippen molar-refractivity contribution in [3.05, 3.63) is 24.3 Å². The number of nitrogens with one attached hydrogen (secondary N) is 1. The molecule has 1 aliphatic carbocycles. The number of carbonyl (C=O) groups excluding carboxylic acids is 1. The van der Waals surface area contributed by atoms with Crippen molar-refractivity contribution in [1.29, 1.82) is 0 Å². The van der Waals surface area contributed by atoms with Crippen molar-refractivity contribution in [2.75, 3.05) is 19.3 Å². The largest absolute Gasteiger partial charge is 0.434 e. The summed E-state index contributed by atoms with van der Waals surface area (Å²) in [5.41, 5.74) is -1.02. The van der Waals surface area contributed by atoms with Crippen molar-refractivity contribution in [2.45, 2.75) is 46.6 Å². The minimum absolute atomic E-state index is 0.0910. The van der Waals surface area contributed by atoms with E-state index in [0.29, 0.717) is 17.7 Å². The number of nitrogens with zero attached hydrogens (tertiary/aromatic N) is 1. The quantitative estimate of drug-likeness (QED) is 0.573. The van der Waals surface area contributed by atoms with E-state index in [2.05, 4.69) is 9.46 Å². The van der Waals surface area contributed by atoms with Gasteiger partial charge >= 0.3 is 18.4 Å². The van der Waals surface area contributed by atoms with Gasteiger partial charge in [-0.25, -0.2) is 26.4 Å². The van der Waals surface area contributed by atoms with E-state index in [1.165, 1.54) is 0 Å². The second-order valence-electron chi connectivity index (χ2n) is 7.95. The number of sulfonamides is 1. The zero-order valence-electron chi connectivity index (χ0n) is 16.8. The van der Waals surface area contributed by atoms with E-state index in [9.17, 15) is 48.0 Å². The molecule has 1 aliphatic heterocycles. The van der Waals surface area contributed by atoms with Crippen LogP contribution in [0.25, 0.3) is 0 Å². The lowest BCUT2D eigenvalue weighted by Gasteiger charge is -2.43. The molecule has 1 heterocycles. The number of carbonyl (C=O) groups is 1. The van der Waals surface area contributed by atoms with Gasteiger partial charge in [-0.3, -0.25) is 0 Å². The Balaban J connectivity index is 1.63. The van der Waals surface area contributed by atoms with Crippen LogP contribution in [0.2, 0.25) is 0 Å². The van der Waals surface area contributed by atoms with Crippen LogP contribution >= 0.6 is 0 Å². The molecule has 3 rings (SSSR count). The van der Waals surface area contributed by atoms with Crippen molar-refractivity contribution in [2.24, 2.45) is 5.92 Å². The fraction of sp³-hybridized carbons (Fsp3) is 0.588. The second kappa shape index (κ2) is 8.01. The van der Waals surface area contributed by atoms with E-state index in [1.807, 2.05) is 0 Å². The molecule has 0 radical (unpaired) electrons. The summed E-state index contributed by atoms with van der Waals surface area (Å²) in [7, 11) is -7.65. The van der Waals surface area contributed by atoms with Crippen LogP contribution in [0.3, 0.4) is 0 Å². The fourth-order valence-electron chi connectivity index (χ4n) is 3.39. The third-order valence-electron chi connectivity index (χ3n) is 5.42. The summed E-state index contributed by atoms with van der Waals surface area (Å²) in [6, 6.07) is 4.41. The standard InChI is InChI=1S/C17H18F6N2O6S2/c1-32(27,28)11-2-4-12(5-3-11)33(29,30)24-15(6-7-15)10-8-25(9-10)14(26)31-13(16(18,19)20)17(21,22)23/h2-5,10,13,24H,6-9H2,1H3. The lowest BCUT2D eigenvalue weighted by molar-refractivity contribution is -0.309. The molecule has 1 N–H and O–H groups in total. The maximum absolute atomic E-state index is 12.7. The summed E-state index contributed by atoms with van der Waals surface area (Å²) in [6.45, 7) is -0.590. The lowest BCUT2D eigenvalue weighted by Crippen LogP contribution is -2.61. The Kier molecular flexibility index (Phi) is 6.20. The molecular weight excluding hydrogens is 506 g/mol. The highest BCUT2D eigenvalue weighted by atomic mass is 32.2. The number of halogens is 6. The molecule has 0 bridgehead atoms. The maximum Gasteiger partial charge on any atom is 0.434 e. The minimum atomic E-state index is -5.84. The van der Waals surface area contributed by atoms with Gasteiger partial charge in [0.1, 0.15) is 0 Å². The number of sulfone groups is 1. The van der Waals surface area contributed by atoms with E-state index in [-0.39, 0.29) is 22.9 Å². The Morgan fingerprint density at radius 1 is 1.00 bits per heavy atom. The highest BCUT2D eigenvalue weighted by Gasteiger charge is 2.61. The van der Waals surface area contributed by atoms with Crippen molar-refractivity contribution in [3.8, 4) is 0 Å². The molecule has 0 unspecified atom stereocenters. The second-order valence-corrected chi connectivity index (χ2v) is 11.7. The van der Waals surface area contributed by atoms with Crippen molar-refractivity contribution in [3.63, 3.8) is 0 Å². The van der Waals surface area contributed by atoms with E-state index >= 15 is 0 Å². The summed E-state index contributed by atoms with van der Waals surface area (Å²) in [5, 5.41) is 0. The van der Waals surface area contributed by atoms with Crippen LogP contribution in [0.5, 0.6) is 0 Å². The molecule has 2 fully saturated rings. The number of amides is 1. The van der Waals surface area contributed by atoms with Crippen LogP contribution in [0, 0.1) is 5.92 Å². The molecule has 1 amide bonds. The SMILES string of the molecule is CS(=O)(=O)c1ccc(S(=O)(=O)NC2(C3CN(C(=O)OC(C(F)(F)F)C(F)(F)F)C3)CC2)cc1. The predicted octanol–water partition coefficient (Wildman–Crippen LogP) is 2.46. The Bertz CT molecular complexity index is 1110. The van der Waals surface area contributed by atoms with Gasteiger partial charge in [-0.05, 0) is 37.1 Å². The molecule has 16 heteroatoms. The number of rotatable bonds is 6. The Labute approximate surface area is 184 Å². The average Bonchev–Trinajstić information content (AvgIpc) is 3.35. The van der Waals surface area contributed by atoms with E-state index in [0.717, 1.165) is 30.5 Å². The monoisotopic (exact) mass is 524 g/mol. The van der Waals surface area contributed by atoms with Crippen LogP contribution in [-0.2, 0) is 24.6 Å². The smallest absolute Gasteiger partial charge is 0.426 e. The first-order chi connectivity index (χ1) is 14.9. The van der Waals surface area contributed by atoms with E-state index in [4.69, 9.17) is 0 Å². The number of hydrogen-bond donors (Lipinski definition) is 1. The van der Waals surface area contributed by atoms with Crippen molar-refractivity contribution < 1.29 is 52.7 Å². The van der Waals surface area contributed by atoms with Crippen LogP contribution in [0.4, 0.5) is 31.1 Å². The van der Waals surface area contributed by atoms with Gasteiger partial charge in [0.05, 0.1) is 9.79 Å². The zero-order valence-corrected chi connectivity index (χ0v) is 18.4. The predicted molar refractivity (Wildman–Crippen MR) is 99.3 cm³/mol.